The summed E-state index contributed by atoms with van der Waals surface area (Å²) in [6.45, 7) is 8.87. The molecular formula is C13H20BrN. The molecule has 0 heterocycles. The van der Waals surface area contributed by atoms with Crippen molar-refractivity contribution in [1.82, 2.24) is 5.32 Å². The molecule has 1 nitrogen and oxygen atoms in total. The number of hydrogen-bond acceptors (Lipinski definition) is 1. The molecule has 0 aliphatic carbocycles. The summed E-state index contributed by atoms with van der Waals surface area (Å²) in [7, 11) is 0. The maximum atomic E-state index is 3.45. The molecule has 1 N–H and O–H groups in total. The minimum Gasteiger partial charge on any atom is -0.316 e. The van der Waals surface area contributed by atoms with E-state index >= 15 is 0 Å². The van der Waals surface area contributed by atoms with Crippen LogP contribution in [0.2, 0.25) is 0 Å². The van der Waals surface area contributed by atoms with Crippen molar-refractivity contribution in [3.05, 3.63) is 34.3 Å². The van der Waals surface area contributed by atoms with Crippen molar-refractivity contribution in [3.8, 4) is 0 Å². The summed E-state index contributed by atoms with van der Waals surface area (Å²) in [5.41, 5.74) is 1.73. The smallest absolute Gasteiger partial charge is 0.0175 e. The van der Waals surface area contributed by atoms with Crippen molar-refractivity contribution in [2.24, 2.45) is 5.41 Å². The molecule has 0 aromatic heterocycles. The maximum absolute atomic E-state index is 3.45. The number of rotatable bonds is 5. The monoisotopic (exact) mass is 269 g/mol. The van der Waals surface area contributed by atoms with Gasteiger partial charge >= 0.3 is 0 Å². The molecule has 0 spiro atoms. The van der Waals surface area contributed by atoms with Crippen molar-refractivity contribution < 1.29 is 0 Å². The zero-order valence-electron chi connectivity index (χ0n) is 9.81. The normalized spacial score (nSPS) is 11.7. The van der Waals surface area contributed by atoms with E-state index in [-0.39, 0.29) is 0 Å². The van der Waals surface area contributed by atoms with Crippen LogP contribution in [0, 0.1) is 5.41 Å². The highest BCUT2D eigenvalue weighted by atomic mass is 79.9. The SMILES string of the molecule is CCNCC(C)(C)Cc1ccc(Br)cc1. The van der Waals surface area contributed by atoms with Crippen LogP contribution in [-0.4, -0.2) is 13.1 Å². The Hall–Kier alpha value is -0.340. The van der Waals surface area contributed by atoms with Gasteiger partial charge in [0.1, 0.15) is 0 Å². The highest BCUT2D eigenvalue weighted by Crippen LogP contribution is 2.22. The molecule has 0 atom stereocenters. The average Bonchev–Trinajstić information content (AvgIpc) is 2.18. The fourth-order valence-electron chi connectivity index (χ4n) is 1.68. The van der Waals surface area contributed by atoms with Gasteiger partial charge in [-0.15, -0.1) is 0 Å². The Balaban J connectivity index is 2.56. The standard InChI is InChI=1S/C13H20BrN/c1-4-15-10-13(2,3)9-11-5-7-12(14)8-6-11/h5-8,15H,4,9-10H2,1-3H3. The highest BCUT2D eigenvalue weighted by Gasteiger charge is 2.17. The van der Waals surface area contributed by atoms with E-state index in [1.54, 1.807) is 0 Å². The van der Waals surface area contributed by atoms with Gasteiger partial charge in [-0.25, -0.2) is 0 Å². The Morgan fingerprint density at radius 3 is 2.33 bits per heavy atom. The first kappa shape index (κ1) is 12.7. The Morgan fingerprint density at radius 1 is 1.20 bits per heavy atom. The van der Waals surface area contributed by atoms with Gasteiger partial charge in [-0.3, -0.25) is 0 Å². The third-order valence-electron chi connectivity index (χ3n) is 2.45. The largest absolute Gasteiger partial charge is 0.316 e. The van der Waals surface area contributed by atoms with Crippen molar-refractivity contribution in [1.29, 1.82) is 0 Å². The fraction of sp³-hybridized carbons (Fsp3) is 0.538. The second-order valence-electron chi connectivity index (χ2n) is 4.75. The van der Waals surface area contributed by atoms with E-state index < -0.39 is 0 Å². The molecule has 84 valence electrons. The van der Waals surface area contributed by atoms with Crippen LogP contribution in [-0.2, 0) is 6.42 Å². The van der Waals surface area contributed by atoms with E-state index in [1.807, 2.05) is 0 Å². The van der Waals surface area contributed by atoms with Gasteiger partial charge in [0.2, 0.25) is 0 Å². The molecule has 0 saturated carbocycles. The van der Waals surface area contributed by atoms with E-state index in [9.17, 15) is 0 Å². The van der Waals surface area contributed by atoms with Gasteiger partial charge in [-0.05, 0) is 36.1 Å². The fourth-order valence-corrected chi connectivity index (χ4v) is 1.95. The van der Waals surface area contributed by atoms with Gasteiger partial charge in [0.05, 0.1) is 0 Å². The molecule has 0 bridgehead atoms. The molecule has 1 rings (SSSR count). The molecular weight excluding hydrogens is 250 g/mol. The second kappa shape index (κ2) is 5.66. The molecule has 0 aliphatic heterocycles. The summed E-state index contributed by atoms with van der Waals surface area (Å²) in [6, 6.07) is 8.60. The maximum Gasteiger partial charge on any atom is 0.0175 e. The quantitative estimate of drug-likeness (QED) is 0.861. The topological polar surface area (TPSA) is 12.0 Å². The van der Waals surface area contributed by atoms with Crippen molar-refractivity contribution in [3.63, 3.8) is 0 Å². The molecule has 0 saturated heterocycles. The van der Waals surface area contributed by atoms with Crippen LogP contribution in [0.4, 0.5) is 0 Å². The third-order valence-corrected chi connectivity index (χ3v) is 2.98. The van der Waals surface area contributed by atoms with Crippen LogP contribution in [0.15, 0.2) is 28.7 Å². The predicted octanol–water partition coefficient (Wildman–Crippen LogP) is 3.63. The van der Waals surface area contributed by atoms with E-state index in [0.717, 1.165) is 24.0 Å². The van der Waals surface area contributed by atoms with Crippen molar-refractivity contribution >= 4 is 15.9 Å². The summed E-state index contributed by atoms with van der Waals surface area (Å²) in [5.74, 6) is 0. The second-order valence-corrected chi connectivity index (χ2v) is 5.66. The Morgan fingerprint density at radius 2 is 1.80 bits per heavy atom. The molecule has 0 radical (unpaired) electrons. The predicted molar refractivity (Wildman–Crippen MR) is 70.2 cm³/mol. The number of hydrogen-bond donors (Lipinski definition) is 1. The van der Waals surface area contributed by atoms with Crippen molar-refractivity contribution in [2.45, 2.75) is 27.2 Å². The lowest BCUT2D eigenvalue weighted by Crippen LogP contribution is -2.30. The van der Waals surface area contributed by atoms with Crippen LogP contribution < -0.4 is 5.32 Å². The highest BCUT2D eigenvalue weighted by molar-refractivity contribution is 9.10. The zero-order chi connectivity index (χ0) is 11.3. The summed E-state index contributed by atoms with van der Waals surface area (Å²) in [6.07, 6.45) is 1.12. The van der Waals surface area contributed by atoms with E-state index in [0.29, 0.717) is 5.41 Å². The Labute approximate surface area is 101 Å². The van der Waals surface area contributed by atoms with Crippen LogP contribution >= 0.6 is 15.9 Å². The van der Waals surface area contributed by atoms with Gasteiger partial charge in [-0.1, -0.05) is 48.8 Å². The summed E-state index contributed by atoms with van der Waals surface area (Å²) >= 11 is 3.45. The van der Waals surface area contributed by atoms with E-state index in [1.165, 1.54) is 5.56 Å². The lowest BCUT2D eigenvalue weighted by Gasteiger charge is -2.25. The first-order chi connectivity index (χ1) is 7.03. The third kappa shape index (κ3) is 4.80. The van der Waals surface area contributed by atoms with Crippen LogP contribution in [0.25, 0.3) is 0 Å². The van der Waals surface area contributed by atoms with Gasteiger partial charge in [0.15, 0.2) is 0 Å². The summed E-state index contributed by atoms with van der Waals surface area (Å²) in [4.78, 5) is 0. The van der Waals surface area contributed by atoms with E-state index in [2.05, 4.69) is 66.3 Å². The minimum atomic E-state index is 0.323. The first-order valence-corrected chi connectivity index (χ1v) is 6.28. The van der Waals surface area contributed by atoms with Gasteiger partial charge in [0.25, 0.3) is 0 Å². The number of halogens is 1. The molecule has 1 aromatic rings. The molecule has 0 amide bonds. The Kier molecular flexibility index (Phi) is 4.81. The zero-order valence-corrected chi connectivity index (χ0v) is 11.4. The minimum absolute atomic E-state index is 0.323. The van der Waals surface area contributed by atoms with Crippen molar-refractivity contribution in [2.75, 3.05) is 13.1 Å². The molecule has 0 aliphatic rings. The average molecular weight is 270 g/mol. The summed E-state index contributed by atoms with van der Waals surface area (Å²) in [5, 5.41) is 3.41. The lowest BCUT2D eigenvalue weighted by atomic mass is 9.86. The molecule has 2 heteroatoms. The number of nitrogens with one attached hydrogen (secondary N) is 1. The van der Waals surface area contributed by atoms with Crippen LogP contribution in [0.1, 0.15) is 26.3 Å². The van der Waals surface area contributed by atoms with Crippen LogP contribution in [0.3, 0.4) is 0 Å². The lowest BCUT2D eigenvalue weighted by molar-refractivity contribution is 0.342. The van der Waals surface area contributed by atoms with Gasteiger partial charge in [0, 0.05) is 11.0 Å². The van der Waals surface area contributed by atoms with Crippen LogP contribution in [0.5, 0.6) is 0 Å². The summed E-state index contributed by atoms with van der Waals surface area (Å²) < 4.78 is 1.15. The first-order valence-electron chi connectivity index (χ1n) is 5.49. The van der Waals surface area contributed by atoms with Gasteiger partial charge < -0.3 is 5.32 Å². The molecule has 0 unspecified atom stereocenters. The number of benzene rings is 1. The van der Waals surface area contributed by atoms with Gasteiger partial charge in [-0.2, -0.15) is 0 Å². The Bertz CT molecular complexity index is 290. The van der Waals surface area contributed by atoms with E-state index in [4.69, 9.17) is 0 Å². The molecule has 15 heavy (non-hydrogen) atoms. The molecule has 1 aromatic carbocycles. The molecule has 0 fully saturated rings.